The first kappa shape index (κ1) is 22.7. The minimum absolute atomic E-state index is 0.0484. The number of carbonyl (C=O) groups excluding carboxylic acids is 1. The molecule has 0 amide bonds. The number of hydrogen-bond donors (Lipinski definition) is 0. The first-order valence-corrected chi connectivity index (χ1v) is 9.74. The summed E-state index contributed by atoms with van der Waals surface area (Å²) >= 11 is 0. The Morgan fingerprint density at radius 3 is 1.76 bits per heavy atom. The van der Waals surface area contributed by atoms with Crippen molar-refractivity contribution in [1.29, 1.82) is 0 Å². The van der Waals surface area contributed by atoms with Gasteiger partial charge < -0.3 is 4.90 Å². The highest BCUT2D eigenvalue weighted by Gasteiger charge is 2.09. The number of carbonyl (C=O) groups is 1. The SMILES string of the molecule is O=Cc1ccccc1N(CC#Cc1cccc([N+](=O)[O-])c1)CC#Cc1cccc([N+](=O)[O-])c1. The molecule has 0 aliphatic rings. The van der Waals surface area contributed by atoms with Crippen LogP contribution in [-0.4, -0.2) is 29.2 Å². The highest BCUT2D eigenvalue weighted by atomic mass is 16.6. The molecule has 0 unspecified atom stereocenters. The van der Waals surface area contributed by atoms with E-state index in [-0.39, 0.29) is 24.5 Å². The highest BCUT2D eigenvalue weighted by molar-refractivity contribution is 5.84. The lowest BCUT2D eigenvalue weighted by Gasteiger charge is -2.21. The second kappa shape index (κ2) is 10.9. The van der Waals surface area contributed by atoms with E-state index in [2.05, 4.69) is 23.7 Å². The van der Waals surface area contributed by atoms with Crippen molar-refractivity contribution in [2.45, 2.75) is 0 Å². The van der Waals surface area contributed by atoms with Crippen molar-refractivity contribution in [3.05, 3.63) is 110 Å². The van der Waals surface area contributed by atoms with E-state index in [0.29, 0.717) is 22.4 Å². The van der Waals surface area contributed by atoms with E-state index < -0.39 is 9.85 Å². The molecule has 0 bridgehead atoms. The summed E-state index contributed by atoms with van der Waals surface area (Å²) in [5, 5.41) is 21.9. The van der Waals surface area contributed by atoms with E-state index in [9.17, 15) is 25.0 Å². The molecule has 0 spiro atoms. The van der Waals surface area contributed by atoms with Gasteiger partial charge in [0.15, 0.2) is 6.29 Å². The van der Waals surface area contributed by atoms with Gasteiger partial charge in [-0.3, -0.25) is 25.0 Å². The third-order valence-corrected chi connectivity index (χ3v) is 4.52. The van der Waals surface area contributed by atoms with E-state index >= 15 is 0 Å². The highest BCUT2D eigenvalue weighted by Crippen LogP contribution is 2.18. The first-order chi connectivity index (χ1) is 16.0. The number of benzene rings is 3. The van der Waals surface area contributed by atoms with Gasteiger partial charge >= 0.3 is 0 Å². The van der Waals surface area contributed by atoms with Crippen molar-refractivity contribution in [3.63, 3.8) is 0 Å². The third-order valence-electron chi connectivity index (χ3n) is 4.52. The maximum absolute atomic E-state index is 11.5. The molecule has 0 saturated heterocycles. The quantitative estimate of drug-likeness (QED) is 0.246. The Hall–Kier alpha value is -4.95. The molecule has 162 valence electrons. The monoisotopic (exact) mass is 439 g/mol. The third kappa shape index (κ3) is 6.27. The molecular weight excluding hydrogens is 422 g/mol. The van der Waals surface area contributed by atoms with E-state index in [1.165, 1.54) is 24.3 Å². The molecule has 3 aromatic rings. The lowest BCUT2D eigenvalue weighted by atomic mass is 10.1. The van der Waals surface area contributed by atoms with Gasteiger partial charge in [0.2, 0.25) is 0 Å². The first-order valence-electron chi connectivity index (χ1n) is 9.74. The fourth-order valence-electron chi connectivity index (χ4n) is 2.97. The van der Waals surface area contributed by atoms with Crippen LogP contribution in [-0.2, 0) is 0 Å². The van der Waals surface area contributed by atoms with Crippen molar-refractivity contribution in [2.24, 2.45) is 0 Å². The van der Waals surface area contributed by atoms with E-state index in [1.54, 1.807) is 53.4 Å². The maximum atomic E-state index is 11.5. The van der Waals surface area contributed by atoms with E-state index in [0.717, 1.165) is 6.29 Å². The second-order valence-electron chi connectivity index (χ2n) is 6.75. The van der Waals surface area contributed by atoms with Crippen LogP contribution in [0.2, 0.25) is 0 Å². The summed E-state index contributed by atoms with van der Waals surface area (Å²) < 4.78 is 0. The standard InChI is InChI=1S/C25H17N3O5/c29-19-22-11-1-2-14-25(22)26(15-5-9-20-7-3-12-23(17-20)27(30)31)16-6-10-21-8-4-13-24(18-21)28(32)33/h1-4,7-8,11-14,17-19H,15-16H2. The summed E-state index contributed by atoms with van der Waals surface area (Å²) in [5.74, 6) is 11.7. The minimum Gasteiger partial charge on any atom is -0.349 e. The Bertz CT molecular complexity index is 1250. The van der Waals surface area contributed by atoms with Crippen LogP contribution in [0.3, 0.4) is 0 Å². The number of nitro benzene ring substituents is 2. The number of nitrogens with zero attached hydrogens (tertiary/aromatic N) is 3. The molecule has 0 radical (unpaired) electrons. The predicted molar refractivity (Wildman–Crippen MR) is 124 cm³/mol. The Morgan fingerprint density at radius 1 is 0.758 bits per heavy atom. The zero-order chi connectivity index (χ0) is 23.6. The van der Waals surface area contributed by atoms with Crippen LogP contribution in [0, 0.1) is 43.9 Å². The van der Waals surface area contributed by atoms with E-state index in [1.807, 2.05) is 0 Å². The molecule has 0 heterocycles. The van der Waals surface area contributed by atoms with Crippen molar-refractivity contribution in [2.75, 3.05) is 18.0 Å². The summed E-state index contributed by atoms with van der Waals surface area (Å²) in [5.41, 5.74) is 1.99. The van der Waals surface area contributed by atoms with Gasteiger partial charge in [-0.1, -0.05) is 47.9 Å². The average molecular weight is 439 g/mol. The van der Waals surface area contributed by atoms with Crippen molar-refractivity contribution >= 4 is 23.3 Å². The zero-order valence-electron chi connectivity index (χ0n) is 17.3. The normalized spacial score (nSPS) is 9.58. The molecule has 0 aliphatic heterocycles. The molecule has 33 heavy (non-hydrogen) atoms. The number of para-hydroxylation sites is 1. The van der Waals surface area contributed by atoms with Crippen LogP contribution in [0.4, 0.5) is 17.1 Å². The van der Waals surface area contributed by atoms with Gasteiger partial charge in [0, 0.05) is 46.6 Å². The van der Waals surface area contributed by atoms with Crippen LogP contribution >= 0.6 is 0 Å². The van der Waals surface area contributed by atoms with Crippen LogP contribution < -0.4 is 4.90 Å². The molecule has 0 saturated carbocycles. The molecule has 3 rings (SSSR count). The van der Waals surface area contributed by atoms with Gasteiger partial charge in [-0.2, -0.15) is 0 Å². The fraction of sp³-hybridized carbons (Fsp3) is 0.0800. The largest absolute Gasteiger partial charge is 0.349 e. The van der Waals surface area contributed by atoms with Crippen LogP contribution in [0.1, 0.15) is 21.5 Å². The molecule has 8 nitrogen and oxygen atoms in total. The van der Waals surface area contributed by atoms with Gasteiger partial charge in [-0.15, -0.1) is 0 Å². The van der Waals surface area contributed by atoms with Crippen molar-refractivity contribution in [1.82, 2.24) is 0 Å². The summed E-state index contributed by atoms with van der Waals surface area (Å²) in [4.78, 5) is 34.2. The van der Waals surface area contributed by atoms with Gasteiger partial charge in [0.1, 0.15) is 0 Å². The number of hydrogen-bond acceptors (Lipinski definition) is 6. The summed E-state index contributed by atoms with van der Waals surface area (Å²) in [7, 11) is 0. The number of aldehydes is 1. The summed E-state index contributed by atoms with van der Waals surface area (Å²) in [6.07, 6.45) is 0.740. The molecule has 0 aromatic heterocycles. The maximum Gasteiger partial charge on any atom is 0.270 e. The smallest absolute Gasteiger partial charge is 0.270 e. The Balaban J connectivity index is 1.85. The number of nitro groups is 2. The molecule has 8 heteroatoms. The van der Waals surface area contributed by atoms with Gasteiger partial charge in [-0.25, -0.2) is 0 Å². The average Bonchev–Trinajstić information content (AvgIpc) is 2.83. The lowest BCUT2D eigenvalue weighted by Crippen LogP contribution is -2.25. The molecule has 0 atom stereocenters. The van der Waals surface area contributed by atoms with Crippen LogP contribution in [0.25, 0.3) is 0 Å². The minimum atomic E-state index is -0.485. The van der Waals surface area contributed by atoms with Gasteiger partial charge in [0.25, 0.3) is 11.4 Å². The molecule has 0 aliphatic carbocycles. The molecule has 0 fully saturated rings. The number of rotatable bonds is 6. The fourth-order valence-corrected chi connectivity index (χ4v) is 2.97. The summed E-state index contributed by atoms with van der Waals surface area (Å²) in [6.45, 7) is 0.411. The number of non-ortho nitro benzene ring substituents is 2. The molecule has 3 aromatic carbocycles. The topological polar surface area (TPSA) is 107 Å². The Morgan fingerprint density at radius 2 is 1.27 bits per heavy atom. The van der Waals surface area contributed by atoms with Gasteiger partial charge in [-0.05, 0) is 24.3 Å². The number of anilines is 1. The molecule has 0 N–H and O–H groups in total. The predicted octanol–water partition coefficient (Wildman–Crippen LogP) is 4.23. The summed E-state index contributed by atoms with van der Waals surface area (Å²) in [6, 6.07) is 19.0. The van der Waals surface area contributed by atoms with Crippen molar-refractivity contribution in [3.8, 4) is 23.7 Å². The van der Waals surface area contributed by atoms with Crippen LogP contribution in [0.5, 0.6) is 0 Å². The van der Waals surface area contributed by atoms with E-state index in [4.69, 9.17) is 0 Å². The lowest BCUT2D eigenvalue weighted by molar-refractivity contribution is -0.385. The Kier molecular flexibility index (Phi) is 7.50. The van der Waals surface area contributed by atoms with Gasteiger partial charge in [0.05, 0.1) is 22.9 Å². The van der Waals surface area contributed by atoms with Crippen LogP contribution in [0.15, 0.2) is 72.8 Å². The van der Waals surface area contributed by atoms with Crippen molar-refractivity contribution < 1.29 is 14.6 Å². The Labute approximate surface area is 189 Å². The zero-order valence-corrected chi connectivity index (χ0v) is 17.3. The second-order valence-corrected chi connectivity index (χ2v) is 6.75. The molecular formula is C25H17N3O5.